The molecule has 2 amide bonds. The number of benzene rings is 1. The van der Waals surface area contributed by atoms with Gasteiger partial charge in [-0.2, -0.15) is 0 Å². The van der Waals surface area contributed by atoms with E-state index < -0.39 is 11.9 Å². The summed E-state index contributed by atoms with van der Waals surface area (Å²) in [6.07, 6.45) is 3.00. The number of amides is 2. The molecule has 1 heterocycles. The molecule has 1 aromatic carbocycles. The van der Waals surface area contributed by atoms with Gasteiger partial charge in [-0.3, -0.25) is 14.6 Å². The Labute approximate surface area is 145 Å². The van der Waals surface area contributed by atoms with E-state index in [-0.39, 0.29) is 12.3 Å². The summed E-state index contributed by atoms with van der Waals surface area (Å²) >= 11 is 0. The van der Waals surface area contributed by atoms with Crippen LogP contribution in [0.5, 0.6) is 0 Å². The second kappa shape index (κ2) is 9.17. The summed E-state index contributed by atoms with van der Waals surface area (Å²) in [5, 5.41) is 5.26. The zero-order chi connectivity index (χ0) is 18.1. The number of aromatic nitrogens is 1. The minimum Gasteiger partial charge on any atom is -0.462 e. The van der Waals surface area contributed by atoms with E-state index in [9.17, 15) is 14.4 Å². The molecule has 0 bridgehead atoms. The van der Waals surface area contributed by atoms with Gasteiger partial charge in [0.05, 0.1) is 12.2 Å². The van der Waals surface area contributed by atoms with Crippen LogP contribution in [-0.4, -0.2) is 29.4 Å². The van der Waals surface area contributed by atoms with Crippen molar-refractivity contribution in [3.8, 4) is 0 Å². The van der Waals surface area contributed by atoms with Gasteiger partial charge in [0, 0.05) is 24.6 Å². The quantitative estimate of drug-likeness (QED) is 0.592. The summed E-state index contributed by atoms with van der Waals surface area (Å²) in [6.45, 7) is 2.34. The molecule has 130 valence electrons. The molecule has 1 aromatic heterocycles. The fourth-order valence-corrected chi connectivity index (χ4v) is 2.02. The first-order valence-corrected chi connectivity index (χ1v) is 7.81. The number of carbonyl (C=O) groups is 3. The fraction of sp³-hybridized carbons (Fsp3) is 0.222. The van der Waals surface area contributed by atoms with Crippen molar-refractivity contribution < 1.29 is 19.1 Å². The minimum atomic E-state index is -0.437. The minimum absolute atomic E-state index is 0.292. The van der Waals surface area contributed by atoms with E-state index in [1.807, 2.05) is 6.07 Å². The lowest BCUT2D eigenvalue weighted by Gasteiger charge is -2.07. The molecule has 0 aliphatic rings. The number of pyridine rings is 1. The topological polar surface area (TPSA) is 97.4 Å². The Kier molecular flexibility index (Phi) is 6.65. The zero-order valence-electron chi connectivity index (χ0n) is 13.8. The van der Waals surface area contributed by atoms with Gasteiger partial charge in [0.2, 0.25) is 11.8 Å². The van der Waals surface area contributed by atoms with Crippen LogP contribution in [0.2, 0.25) is 0 Å². The van der Waals surface area contributed by atoms with Gasteiger partial charge < -0.3 is 15.4 Å². The molecule has 0 saturated heterocycles. The molecule has 0 unspecified atom stereocenters. The first-order valence-electron chi connectivity index (χ1n) is 7.81. The predicted molar refractivity (Wildman–Crippen MR) is 91.7 cm³/mol. The Balaban J connectivity index is 1.79. The molecule has 2 aromatic rings. The first-order chi connectivity index (χ1) is 12.1. The van der Waals surface area contributed by atoms with Gasteiger partial charge in [-0.1, -0.05) is 6.07 Å². The highest BCUT2D eigenvalue weighted by molar-refractivity contribution is 6.03. The third kappa shape index (κ3) is 6.06. The van der Waals surface area contributed by atoms with Gasteiger partial charge in [-0.25, -0.2) is 4.79 Å². The molecular formula is C18H19N3O4. The van der Waals surface area contributed by atoms with Crippen molar-refractivity contribution in [2.24, 2.45) is 0 Å². The smallest absolute Gasteiger partial charge is 0.338 e. The van der Waals surface area contributed by atoms with Crippen molar-refractivity contribution in [3.63, 3.8) is 0 Å². The van der Waals surface area contributed by atoms with Crippen LogP contribution in [0.25, 0.3) is 0 Å². The van der Waals surface area contributed by atoms with E-state index in [0.717, 1.165) is 5.56 Å². The summed E-state index contributed by atoms with van der Waals surface area (Å²) in [6, 6.07) is 9.87. The van der Waals surface area contributed by atoms with Crippen molar-refractivity contribution in [3.05, 3.63) is 59.9 Å². The van der Waals surface area contributed by atoms with Crippen LogP contribution in [0.1, 0.15) is 29.3 Å². The summed E-state index contributed by atoms with van der Waals surface area (Å²) in [5.41, 5.74) is 1.75. The SMILES string of the molecule is CCOC(=O)c1ccc(NC(=O)CC(=O)NCc2cccnc2)cc1. The molecule has 0 atom stereocenters. The lowest BCUT2D eigenvalue weighted by molar-refractivity contribution is -0.126. The van der Waals surface area contributed by atoms with Crippen molar-refractivity contribution in [1.29, 1.82) is 0 Å². The predicted octanol–water partition coefficient (Wildman–Crippen LogP) is 1.90. The number of carbonyl (C=O) groups excluding carboxylic acids is 3. The Morgan fingerprint density at radius 1 is 1.08 bits per heavy atom. The van der Waals surface area contributed by atoms with Gasteiger partial charge in [0.25, 0.3) is 0 Å². The lowest BCUT2D eigenvalue weighted by Crippen LogP contribution is -2.27. The van der Waals surface area contributed by atoms with E-state index in [1.54, 1.807) is 49.6 Å². The summed E-state index contributed by atoms with van der Waals surface area (Å²) in [4.78, 5) is 39.2. The average molecular weight is 341 g/mol. The number of ether oxygens (including phenoxy) is 1. The number of esters is 1. The Hall–Kier alpha value is -3.22. The van der Waals surface area contributed by atoms with E-state index in [0.29, 0.717) is 24.4 Å². The van der Waals surface area contributed by atoms with Crippen LogP contribution in [-0.2, 0) is 20.9 Å². The molecule has 25 heavy (non-hydrogen) atoms. The molecule has 0 saturated carbocycles. The molecule has 2 rings (SSSR count). The number of hydrogen-bond donors (Lipinski definition) is 2. The van der Waals surface area contributed by atoms with Gasteiger partial charge >= 0.3 is 5.97 Å². The number of rotatable bonds is 7. The van der Waals surface area contributed by atoms with Crippen molar-refractivity contribution >= 4 is 23.5 Å². The Bertz CT molecular complexity index is 730. The Morgan fingerprint density at radius 3 is 2.48 bits per heavy atom. The third-order valence-electron chi connectivity index (χ3n) is 3.21. The number of hydrogen-bond acceptors (Lipinski definition) is 5. The molecule has 7 nitrogen and oxygen atoms in total. The van der Waals surface area contributed by atoms with Crippen LogP contribution in [0.4, 0.5) is 5.69 Å². The van der Waals surface area contributed by atoms with E-state index in [4.69, 9.17) is 4.74 Å². The number of nitrogens with zero attached hydrogens (tertiary/aromatic N) is 1. The van der Waals surface area contributed by atoms with Crippen molar-refractivity contribution in [2.45, 2.75) is 19.9 Å². The molecule has 0 aliphatic carbocycles. The van der Waals surface area contributed by atoms with Crippen molar-refractivity contribution in [2.75, 3.05) is 11.9 Å². The first kappa shape index (κ1) is 18.1. The normalized spacial score (nSPS) is 9.96. The monoisotopic (exact) mass is 341 g/mol. The molecule has 0 fully saturated rings. The maximum absolute atomic E-state index is 11.9. The van der Waals surface area contributed by atoms with Crippen LogP contribution < -0.4 is 10.6 Å². The van der Waals surface area contributed by atoms with E-state index >= 15 is 0 Å². The molecule has 0 aliphatic heterocycles. The highest BCUT2D eigenvalue weighted by Crippen LogP contribution is 2.11. The highest BCUT2D eigenvalue weighted by atomic mass is 16.5. The Morgan fingerprint density at radius 2 is 1.84 bits per heavy atom. The van der Waals surface area contributed by atoms with Gasteiger partial charge in [0.1, 0.15) is 6.42 Å². The number of nitrogens with one attached hydrogen (secondary N) is 2. The average Bonchev–Trinajstić information content (AvgIpc) is 2.61. The third-order valence-corrected chi connectivity index (χ3v) is 3.21. The fourth-order valence-electron chi connectivity index (χ4n) is 2.02. The van der Waals surface area contributed by atoms with E-state index in [2.05, 4.69) is 15.6 Å². The summed E-state index contributed by atoms with van der Waals surface area (Å²) < 4.78 is 4.88. The van der Waals surface area contributed by atoms with Crippen LogP contribution in [0.3, 0.4) is 0 Å². The highest BCUT2D eigenvalue weighted by Gasteiger charge is 2.11. The van der Waals surface area contributed by atoms with E-state index in [1.165, 1.54) is 0 Å². The van der Waals surface area contributed by atoms with Crippen LogP contribution >= 0.6 is 0 Å². The maximum Gasteiger partial charge on any atom is 0.338 e. The molecule has 0 spiro atoms. The van der Waals surface area contributed by atoms with Gasteiger partial charge in [-0.15, -0.1) is 0 Å². The number of anilines is 1. The second-order valence-corrected chi connectivity index (χ2v) is 5.16. The summed E-state index contributed by atoms with van der Waals surface area (Å²) in [7, 11) is 0. The zero-order valence-corrected chi connectivity index (χ0v) is 13.8. The van der Waals surface area contributed by atoms with Crippen LogP contribution in [0.15, 0.2) is 48.8 Å². The molecule has 7 heteroatoms. The molecule has 2 N–H and O–H groups in total. The lowest BCUT2D eigenvalue weighted by atomic mass is 10.2. The molecule has 0 radical (unpaired) electrons. The maximum atomic E-state index is 11.9. The van der Waals surface area contributed by atoms with Gasteiger partial charge in [-0.05, 0) is 42.8 Å². The second-order valence-electron chi connectivity index (χ2n) is 5.16. The van der Waals surface area contributed by atoms with Crippen LogP contribution in [0, 0.1) is 0 Å². The molecular weight excluding hydrogens is 322 g/mol. The summed E-state index contributed by atoms with van der Waals surface area (Å²) in [5.74, 6) is -1.24. The van der Waals surface area contributed by atoms with Gasteiger partial charge in [0.15, 0.2) is 0 Å². The largest absolute Gasteiger partial charge is 0.462 e. The standard InChI is InChI=1S/C18H19N3O4/c1-2-25-18(24)14-5-7-15(8-6-14)21-17(23)10-16(22)20-12-13-4-3-9-19-11-13/h3-9,11H,2,10,12H2,1H3,(H,20,22)(H,21,23). The van der Waals surface area contributed by atoms with Crippen molar-refractivity contribution in [1.82, 2.24) is 10.3 Å².